The van der Waals surface area contributed by atoms with Gasteiger partial charge in [-0.15, -0.1) is 0 Å². The molecule has 0 spiro atoms. The van der Waals surface area contributed by atoms with Crippen LogP contribution in [0, 0.1) is 11.8 Å². The van der Waals surface area contributed by atoms with E-state index in [1.54, 1.807) is 0 Å². The van der Waals surface area contributed by atoms with Gasteiger partial charge in [-0.25, -0.2) is 0 Å². The van der Waals surface area contributed by atoms with E-state index in [4.69, 9.17) is 4.74 Å². The van der Waals surface area contributed by atoms with Crippen LogP contribution >= 0.6 is 0 Å². The molecule has 4 atom stereocenters. The summed E-state index contributed by atoms with van der Waals surface area (Å²) in [6.45, 7) is 6.79. The summed E-state index contributed by atoms with van der Waals surface area (Å²) in [5.41, 5.74) is -0.536. The summed E-state index contributed by atoms with van der Waals surface area (Å²) < 4.78 is 5.48. The van der Waals surface area contributed by atoms with Crippen LogP contribution in [-0.4, -0.2) is 36.5 Å². The van der Waals surface area contributed by atoms with E-state index in [1.807, 2.05) is 6.92 Å². The SMILES string of the molecule is CCC1CCCC(C(C)(O)CC2COCCN2)C1. The highest BCUT2D eigenvalue weighted by Gasteiger charge is 2.37. The van der Waals surface area contributed by atoms with Crippen LogP contribution in [-0.2, 0) is 4.74 Å². The number of morpholine rings is 1. The van der Waals surface area contributed by atoms with E-state index in [1.165, 1.54) is 32.1 Å². The second-order valence-electron chi connectivity index (χ2n) is 6.43. The van der Waals surface area contributed by atoms with Crippen molar-refractivity contribution in [3.05, 3.63) is 0 Å². The summed E-state index contributed by atoms with van der Waals surface area (Å²) >= 11 is 0. The Balaban J connectivity index is 1.87. The maximum atomic E-state index is 10.8. The van der Waals surface area contributed by atoms with Gasteiger partial charge in [0.2, 0.25) is 0 Å². The Morgan fingerprint density at radius 3 is 2.89 bits per heavy atom. The summed E-state index contributed by atoms with van der Waals surface area (Å²) in [6, 6.07) is 0.329. The third kappa shape index (κ3) is 3.69. The zero-order valence-electron chi connectivity index (χ0n) is 12.0. The van der Waals surface area contributed by atoms with E-state index in [0.717, 1.165) is 32.1 Å². The predicted molar refractivity (Wildman–Crippen MR) is 73.6 cm³/mol. The van der Waals surface area contributed by atoms with Crippen molar-refractivity contribution in [2.75, 3.05) is 19.8 Å². The highest BCUT2D eigenvalue weighted by atomic mass is 16.5. The summed E-state index contributed by atoms with van der Waals surface area (Å²) in [6.07, 6.45) is 7.13. The fourth-order valence-electron chi connectivity index (χ4n) is 3.64. The normalized spacial score (nSPS) is 37.2. The number of aliphatic hydroxyl groups is 1. The van der Waals surface area contributed by atoms with Gasteiger partial charge >= 0.3 is 0 Å². The van der Waals surface area contributed by atoms with Gasteiger partial charge < -0.3 is 15.2 Å². The van der Waals surface area contributed by atoms with E-state index in [0.29, 0.717) is 12.0 Å². The molecule has 3 heteroatoms. The smallest absolute Gasteiger partial charge is 0.0663 e. The van der Waals surface area contributed by atoms with Gasteiger partial charge in [0.25, 0.3) is 0 Å². The fourth-order valence-corrected chi connectivity index (χ4v) is 3.64. The molecule has 2 fully saturated rings. The van der Waals surface area contributed by atoms with E-state index in [9.17, 15) is 5.11 Å². The van der Waals surface area contributed by atoms with Crippen molar-refractivity contribution < 1.29 is 9.84 Å². The van der Waals surface area contributed by atoms with Crippen LogP contribution < -0.4 is 5.32 Å². The first-order valence-corrected chi connectivity index (χ1v) is 7.65. The monoisotopic (exact) mass is 255 g/mol. The molecule has 2 rings (SSSR count). The van der Waals surface area contributed by atoms with Gasteiger partial charge in [0.05, 0.1) is 18.8 Å². The minimum absolute atomic E-state index is 0.329. The van der Waals surface area contributed by atoms with Gasteiger partial charge in [-0.2, -0.15) is 0 Å². The van der Waals surface area contributed by atoms with Gasteiger partial charge in [0.1, 0.15) is 0 Å². The maximum Gasteiger partial charge on any atom is 0.0663 e. The maximum absolute atomic E-state index is 10.8. The van der Waals surface area contributed by atoms with Gasteiger partial charge in [-0.1, -0.05) is 26.2 Å². The molecule has 1 aliphatic heterocycles. The van der Waals surface area contributed by atoms with Crippen LogP contribution in [0.5, 0.6) is 0 Å². The molecule has 3 nitrogen and oxygen atoms in total. The number of ether oxygens (including phenoxy) is 1. The lowest BCUT2D eigenvalue weighted by atomic mass is 9.71. The molecule has 0 aromatic heterocycles. The van der Waals surface area contributed by atoms with Crippen molar-refractivity contribution in [2.24, 2.45) is 11.8 Å². The Bertz CT molecular complexity index is 249. The second kappa shape index (κ2) is 6.36. The van der Waals surface area contributed by atoms with E-state index < -0.39 is 5.60 Å². The zero-order chi connectivity index (χ0) is 13.0. The van der Waals surface area contributed by atoms with Crippen molar-refractivity contribution in [1.82, 2.24) is 5.32 Å². The average Bonchev–Trinajstić information content (AvgIpc) is 2.39. The van der Waals surface area contributed by atoms with Crippen molar-refractivity contribution >= 4 is 0 Å². The lowest BCUT2D eigenvalue weighted by Crippen LogP contribution is -2.49. The topological polar surface area (TPSA) is 41.5 Å². The minimum atomic E-state index is -0.536. The molecular weight excluding hydrogens is 226 g/mol. The molecule has 1 heterocycles. The highest BCUT2D eigenvalue weighted by molar-refractivity contribution is 4.90. The largest absolute Gasteiger partial charge is 0.390 e. The highest BCUT2D eigenvalue weighted by Crippen LogP contribution is 2.39. The molecule has 0 amide bonds. The molecule has 18 heavy (non-hydrogen) atoms. The van der Waals surface area contributed by atoms with Crippen LogP contribution in [0.15, 0.2) is 0 Å². The molecule has 1 saturated carbocycles. The van der Waals surface area contributed by atoms with Crippen molar-refractivity contribution in [1.29, 1.82) is 0 Å². The van der Waals surface area contributed by atoms with Gasteiger partial charge in [-0.05, 0) is 38.0 Å². The first-order valence-electron chi connectivity index (χ1n) is 7.65. The predicted octanol–water partition coefficient (Wildman–Crippen LogP) is 2.33. The Morgan fingerprint density at radius 1 is 1.39 bits per heavy atom. The minimum Gasteiger partial charge on any atom is -0.390 e. The van der Waals surface area contributed by atoms with Crippen LogP contribution in [0.2, 0.25) is 0 Å². The molecule has 0 aromatic rings. The Kier molecular flexibility index (Phi) is 5.05. The lowest BCUT2D eigenvalue weighted by molar-refractivity contribution is -0.0524. The molecule has 1 aliphatic carbocycles. The third-order valence-electron chi connectivity index (χ3n) is 4.90. The Morgan fingerprint density at radius 2 is 2.22 bits per heavy atom. The van der Waals surface area contributed by atoms with Crippen LogP contribution in [0.4, 0.5) is 0 Å². The average molecular weight is 255 g/mol. The summed E-state index contributed by atoms with van der Waals surface area (Å²) in [4.78, 5) is 0. The first-order chi connectivity index (χ1) is 8.62. The quantitative estimate of drug-likeness (QED) is 0.810. The molecule has 2 aliphatic rings. The number of rotatable bonds is 4. The Labute approximate surface area is 111 Å². The molecule has 0 bridgehead atoms. The lowest BCUT2D eigenvalue weighted by Gasteiger charge is -2.41. The van der Waals surface area contributed by atoms with Gasteiger partial charge in [-0.3, -0.25) is 0 Å². The summed E-state index contributed by atoms with van der Waals surface area (Å²) in [7, 11) is 0. The standard InChI is InChI=1S/C15H29NO2/c1-3-12-5-4-6-13(9-12)15(2,17)10-14-11-18-8-7-16-14/h12-14,16-17H,3-11H2,1-2H3. The van der Waals surface area contributed by atoms with E-state index >= 15 is 0 Å². The molecule has 0 aromatic carbocycles. The molecule has 4 unspecified atom stereocenters. The van der Waals surface area contributed by atoms with Crippen molar-refractivity contribution in [3.8, 4) is 0 Å². The number of hydrogen-bond donors (Lipinski definition) is 2. The van der Waals surface area contributed by atoms with Crippen LogP contribution in [0.3, 0.4) is 0 Å². The molecular formula is C15H29NO2. The molecule has 106 valence electrons. The molecule has 2 N–H and O–H groups in total. The van der Waals surface area contributed by atoms with Crippen molar-refractivity contribution in [2.45, 2.75) is 64.0 Å². The van der Waals surface area contributed by atoms with E-state index in [2.05, 4.69) is 12.2 Å². The zero-order valence-corrected chi connectivity index (χ0v) is 12.0. The Hall–Kier alpha value is -0.120. The van der Waals surface area contributed by atoms with Gasteiger partial charge in [0, 0.05) is 12.6 Å². The van der Waals surface area contributed by atoms with E-state index in [-0.39, 0.29) is 0 Å². The van der Waals surface area contributed by atoms with Gasteiger partial charge in [0.15, 0.2) is 0 Å². The second-order valence-corrected chi connectivity index (χ2v) is 6.43. The third-order valence-corrected chi connectivity index (χ3v) is 4.90. The van der Waals surface area contributed by atoms with Crippen molar-refractivity contribution in [3.63, 3.8) is 0 Å². The molecule has 0 radical (unpaired) electrons. The summed E-state index contributed by atoms with van der Waals surface area (Å²) in [5.74, 6) is 1.30. The number of hydrogen-bond acceptors (Lipinski definition) is 3. The summed E-state index contributed by atoms with van der Waals surface area (Å²) in [5, 5.41) is 14.3. The number of nitrogens with one attached hydrogen (secondary N) is 1. The van der Waals surface area contributed by atoms with Crippen LogP contribution in [0.1, 0.15) is 52.4 Å². The first kappa shape index (κ1) is 14.3. The van der Waals surface area contributed by atoms with Crippen LogP contribution in [0.25, 0.3) is 0 Å². The fraction of sp³-hybridized carbons (Fsp3) is 1.00. The molecule has 1 saturated heterocycles.